The zero-order valence-corrected chi connectivity index (χ0v) is 9.81. The number of carboxylic acids is 1. The highest BCUT2D eigenvalue weighted by atomic mass is 16.5. The molecule has 2 atom stereocenters. The van der Waals surface area contributed by atoms with Crippen LogP contribution in [-0.2, 0) is 14.3 Å². The maximum absolute atomic E-state index is 11.9. The van der Waals surface area contributed by atoms with Crippen molar-refractivity contribution in [3.05, 3.63) is 0 Å². The SMILES string of the molecule is CCOCCN(CC)C(=O)[C@@H]1C[C@@H]1C(=O)O. The van der Waals surface area contributed by atoms with E-state index in [0.717, 1.165) is 0 Å². The molecule has 5 nitrogen and oxygen atoms in total. The van der Waals surface area contributed by atoms with E-state index in [2.05, 4.69) is 0 Å². The third-order valence-corrected chi connectivity index (χ3v) is 2.83. The van der Waals surface area contributed by atoms with Crippen LogP contribution in [0.5, 0.6) is 0 Å². The molecule has 5 heteroatoms. The van der Waals surface area contributed by atoms with Crippen molar-refractivity contribution >= 4 is 11.9 Å². The summed E-state index contributed by atoms with van der Waals surface area (Å²) < 4.78 is 5.18. The number of likely N-dealkylation sites (N-methyl/N-ethyl adjacent to an activating group) is 1. The van der Waals surface area contributed by atoms with Crippen LogP contribution in [0.15, 0.2) is 0 Å². The Labute approximate surface area is 95.4 Å². The van der Waals surface area contributed by atoms with Crippen molar-refractivity contribution in [3.63, 3.8) is 0 Å². The number of carbonyl (C=O) groups is 2. The van der Waals surface area contributed by atoms with Gasteiger partial charge >= 0.3 is 5.97 Å². The molecule has 0 unspecified atom stereocenters. The second-order valence-electron chi connectivity index (χ2n) is 3.90. The molecule has 1 aliphatic rings. The highest BCUT2D eigenvalue weighted by Crippen LogP contribution is 2.39. The first-order valence-electron chi connectivity index (χ1n) is 5.71. The lowest BCUT2D eigenvalue weighted by molar-refractivity contribution is -0.142. The van der Waals surface area contributed by atoms with Gasteiger partial charge in [0.05, 0.1) is 18.4 Å². The van der Waals surface area contributed by atoms with E-state index in [1.165, 1.54) is 0 Å². The molecular formula is C11H19NO4. The van der Waals surface area contributed by atoms with E-state index < -0.39 is 11.9 Å². The van der Waals surface area contributed by atoms with Crippen molar-refractivity contribution in [1.82, 2.24) is 4.90 Å². The van der Waals surface area contributed by atoms with Gasteiger partial charge in [-0.3, -0.25) is 9.59 Å². The molecule has 0 radical (unpaired) electrons. The van der Waals surface area contributed by atoms with Crippen molar-refractivity contribution in [3.8, 4) is 0 Å². The van der Waals surface area contributed by atoms with Gasteiger partial charge < -0.3 is 14.7 Å². The summed E-state index contributed by atoms with van der Waals surface area (Å²) in [6.07, 6.45) is 0.485. The number of nitrogens with zero attached hydrogens (tertiary/aromatic N) is 1. The third kappa shape index (κ3) is 3.20. The Kier molecular flexibility index (Phi) is 4.73. The highest BCUT2D eigenvalue weighted by Gasteiger charge is 2.49. The number of rotatable bonds is 7. The fraction of sp³-hybridized carbons (Fsp3) is 0.818. The van der Waals surface area contributed by atoms with Gasteiger partial charge in [-0.15, -0.1) is 0 Å². The molecule has 1 amide bonds. The lowest BCUT2D eigenvalue weighted by atomic mass is 10.2. The highest BCUT2D eigenvalue weighted by molar-refractivity contribution is 5.89. The Morgan fingerprint density at radius 3 is 2.50 bits per heavy atom. The van der Waals surface area contributed by atoms with Crippen LogP contribution in [0.2, 0.25) is 0 Å². The number of hydrogen-bond acceptors (Lipinski definition) is 3. The minimum absolute atomic E-state index is 0.0467. The van der Waals surface area contributed by atoms with Crippen molar-refractivity contribution in [1.29, 1.82) is 0 Å². The summed E-state index contributed by atoms with van der Waals surface area (Å²) in [4.78, 5) is 24.2. The normalized spacial score (nSPS) is 22.9. The second-order valence-corrected chi connectivity index (χ2v) is 3.90. The van der Waals surface area contributed by atoms with Crippen LogP contribution in [0.1, 0.15) is 20.3 Å². The van der Waals surface area contributed by atoms with Gasteiger partial charge in [0.25, 0.3) is 0 Å². The van der Waals surface area contributed by atoms with Gasteiger partial charge in [-0.05, 0) is 20.3 Å². The Bertz CT molecular complexity index is 267. The first-order valence-corrected chi connectivity index (χ1v) is 5.71. The minimum Gasteiger partial charge on any atom is -0.481 e. The molecule has 0 saturated heterocycles. The maximum atomic E-state index is 11.9. The van der Waals surface area contributed by atoms with Gasteiger partial charge in [0.2, 0.25) is 5.91 Å². The fourth-order valence-electron chi connectivity index (χ4n) is 1.72. The topological polar surface area (TPSA) is 66.8 Å². The van der Waals surface area contributed by atoms with Crippen LogP contribution in [0, 0.1) is 11.8 Å². The number of hydrogen-bond donors (Lipinski definition) is 1. The van der Waals surface area contributed by atoms with Crippen molar-refractivity contribution in [2.24, 2.45) is 11.8 Å². The van der Waals surface area contributed by atoms with Gasteiger partial charge in [-0.1, -0.05) is 0 Å². The molecule has 0 aromatic heterocycles. The molecule has 1 fully saturated rings. The molecule has 0 heterocycles. The summed E-state index contributed by atoms with van der Waals surface area (Å²) in [5.41, 5.74) is 0. The second kappa shape index (κ2) is 5.84. The molecule has 1 saturated carbocycles. The van der Waals surface area contributed by atoms with Crippen LogP contribution in [0.25, 0.3) is 0 Å². The van der Waals surface area contributed by atoms with Gasteiger partial charge in [-0.25, -0.2) is 0 Å². The monoisotopic (exact) mass is 229 g/mol. The van der Waals surface area contributed by atoms with Crippen molar-refractivity contribution in [2.75, 3.05) is 26.3 Å². The average molecular weight is 229 g/mol. The number of ether oxygens (including phenoxy) is 1. The summed E-state index contributed by atoms with van der Waals surface area (Å²) in [5, 5.41) is 8.75. The molecule has 0 aromatic carbocycles. The number of amides is 1. The van der Waals surface area contributed by atoms with E-state index in [1.54, 1.807) is 4.90 Å². The third-order valence-electron chi connectivity index (χ3n) is 2.83. The zero-order valence-electron chi connectivity index (χ0n) is 9.81. The predicted octanol–water partition coefficient (Wildman–Crippen LogP) is 0.592. The smallest absolute Gasteiger partial charge is 0.307 e. The van der Waals surface area contributed by atoms with Crippen LogP contribution >= 0.6 is 0 Å². The summed E-state index contributed by atoms with van der Waals surface area (Å²) in [6.45, 7) is 6.09. The lowest BCUT2D eigenvalue weighted by Gasteiger charge is -2.20. The Morgan fingerprint density at radius 1 is 1.38 bits per heavy atom. The van der Waals surface area contributed by atoms with E-state index in [4.69, 9.17) is 9.84 Å². The summed E-state index contributed by atoms with van der Waals surface area (Å²) in [6, 6.07) is 0. The number of carboxylic acid groups (broad SMARTS) is 1. The molecule has 0 bridgehead atoms. The standard InChI is InChI=1S/C11H19NO4/c1-3-12(5-6-16-4-2)10(13)8-7-9(8)11(14)15/h8-9H,3-7H2,1-2H3,(H,14,15)/t8-,9+/m1/s1. The summed E-state index contributed by atoms with van der Waals surface area (Å²) >= 11 is 0. The van der Waals surface area contributed by atoms with Gasteiger partial charge in [-0.2, -0.15) is 0 Å². The van der Waals surface area contributed by atoms with E-state index in [0.29, 0.717) is 32.7 Å². The summed E-state index contributed by atoms with van der Waals surface area (Å²) in [5.74, 6) is -1.68. The fourth-order valence-corrected chi connectivity index (χ4v) is 1.72. The average Bonchev–Trinajstić information content (AvgIpc) is 3.03. The van der Waals surface area contributed by atoms with Gasteiger partial charge in [0, 0.05) is 19.7 Å². The Morgan fingerprint density at radius 2 is 2.06 bits per heavy atom. The largest absolute Gasteiger partial charge is 0.481 e. The molecule has 16 heavy (non-hydrogen) atoms. The van der Waals surface area contributed by atoms with E-state index >= 15 is 0 Å². The molecular weight excluding hydrogens is 210 g/mol. The maximum Gasteiger partial charge on any atom is 0.307 e. The van der Waals surface area contributed by atoms with Crippen molar-refractivity contribution in [2.45, 2.75) is 20.3 Å². The molecule has 1 N–H and O–H groups in total. The Balaban J connectivity index is 2.36. The first kappa shape index (κ1) is 13.0. The zero-order chi connectivity index (χ0) is 12.1. The molecule has 1 rings (SSSR count). The molecule has 1 aliphatic carbocycles. The number of aliphatic carboxylic acids is 1. The van der Waals surface area contributed by atoms with Crippen LogP contribution in [0.4, 0.5) is 0 Å². The van der Waals surface area contributed by atoms with Crippen LogP contribution in [0.3, 0.4) is 0 Å². The summed E-state index contributed by atoms with van der Waals surface area (Å²) in [7, 11) is 0. The first-order chi connectivity index (χ1) is 7.61. The van der Waals surface area contributed by atoms with Crippen molar-refractivity contribution < 1.29 is 19.4 Å². The lowest BCUT2D eigenvalue weighted by Crippen LogP contribution is -2.35. The van der Waals surface area contributed by atoms with Gasteiger partial charge in [0.15, 0.2) is 0 Å². The van der Waals surface area contributed by atoms with E-state index in [-0.39, 0.29) is 11.8 Å². The van der Waals surface area contributed by atoms with Crippen LogP contribution in [-0.4, -0.2) is 48.2 Å². The van der Waals surface area contributed by atoms with E-state index in [9.17, 15) is 9.59 Å². The van der Waals surface area contributed by atoms with Gasteiger partial charge in [0.1, 0.15) is 0 Å². The van der Waals surface area contributed by atoms with Crippen LogP contribution < -0.4 is 0 Å². The molecule has 0 spiro atoms. The van der Waals surface area contributed by atoms with E-state index in [1.807, 2.05) is 13.8 Å². The predicted molar refractivity (Wildman–Crippen MR) is 58.0 cm³/mol. The molecule has 0 aromatic rings. The Hall–Kier alpha value is -1.10. The quantitative estimate of drug-likeness (QED) is 0.649. The number of carbonyl (C=O) groups excluding carboxylic acids is 1. The molecule has 92 valence electrons. The minimum atomic E-state index is -0.862. The molecule has 0 aliphatic heterocycles.